The number of carbonyl (C=O) groups is 2. The van der Waals surface area contributed by atoms with Crippen LogP contribution in [0.1, 0.15) is 15.9 Å². The van der Waals surface area contributed by atoms with E-state index in [4.69, 9.17) is 0 Å². The van der Waals surface area contributed by atoms with Gasteiger partial charge in [-0.3, -0.25) is 9.59 Å². The molecule has 0 aromatic heterocycles. The van der Waals surface area contributed by atoms with Crippen molar-refractivity contribution in [2.75, 3.05) is 18.4 Å². The largest absolute Gasteiger partial charge is 0.337 e. The Morgan fingerprint density at radius 1 is 1.00 bits per heavy atom. The Kier molecular flexibility index (Phi) is 4.48. The van der Waals surface area contributed by atoms with Gasteiger partial charge >= 0.3 is 0 Å². The summed E-state index contributed by atoms with van der Waals surface area (Å²) < 4.78 is 39.6. The molecule has 2 aromatic carbocycles. The molecule has 2 amide bonds. The van der Waals surface area contributed by atoms with Crippen LogP contribution < -0.4 is 5.32 Å². The second-order valence-corrected chi connectivity index (χ2v) is 5.99. The highest BCUT2D eigenvalue weighted by Gasteiger charge is 2.36. The van der Waals surface area contributed by atoms with Crippen LogP contribution in [0.4, 0.5) is 18.9 Å². The maximum atomic E-state index is 13.5. The number of aryl methyl sites for hydroxylation is 1. The predicted molar refractivity (Wildman–Crippen MR) is 85.5 cm³/mol. The zero-order valence-electron chi connectivity index (χ0n) is 13.4. The predicted octanol–water partition coefficient (Wildman–Crippen LogP) is 3.12. The number of amides is 2. The molecule has 7 heteroatoms. The lowest BCUT2D eigenvalue weighted by Gasteiger charge is -2.38. The van der Waals surface area contributed by atoms with Crippen LogP contribution in [0.5, 0.6) is 0 Å². The number of hydrogen-bond donors (Lipinski definition) is 1. The van der Waals surface area contributed by atoms with Crippen LogP contribution in [0.15, 0.2) is 36.4 Å². The minimum atomic E-state index is -1.10. The molecule has 4 nitrogen and oxygen atoms in total. The quantitative estimate of drug-likeness (QED) is 0.927. The molecule has 1 aliphatic heterocycles. The minimum absolute atomic E-state index is 0.0263. The van der Waals surface area contributed by atoms with Crippen molar-refractivity contribution in [1.82, 2.24) is 4.90 Å². The molecule has 0 unspecified atom stereocenters. The van der Waals surface area contributed by atoms with Crippen molar-refractivity contribution in [3.8, 4) is 0 Å². The third kappa shape index (κ3) is 3.50. The lowest BCUT2D eigenvalue weighted by molar-refractivity contribution is -0.123. The van der Waals surface area contributed by atoms with Gasteiger partial charge in [0.15, 0.2) is 11.6 Å². The van der Waals surface area contributed by atoms with E-state index >= 15 is 0 Å². The molecule has 2 aromatic rings. The highest BCUT2D eigenvalue weighted by molar-refractivity contribution is 5.98. The molecule has 0 bridgehead atoms. The van der Waals surface area contributed by atoms with E-state index in [9.17, 15) is 22.8 Å². The molecule has 3 rings (SSSR count). The topological polar surface area (TPSA) is 49.4 Å². The van der Waals surface area contributed by atoms with Gasteiger partial charge in [0.1, 0.15) is 5.82 Å². The maximum absolute atomic E-state index is 13.5. The molecular weight excluding hydrogens is 333 g/mol. The molecule has 130 valence electrons. The van der Waals surface area contributed by atoms with Crippen LogP contribution in [-0.2, 0) is 4.79 Å². The Balaban J connectivity index is 1.57. The van der Waals surface area contributed by atoms with E-state index in [0.717, 1.165) is 12.1 Å². The number of nitrogens with one attached hydrogen (secondary N) is 1. The zero-order chi connectivity index (χ0) is 18.1. The summed E-state index contributed by atoms with van der Waals surface area (Å²) in [4.78, 5) is 25.6. The van der Waals surface area contributed by atoms with Crippen molar-refractivity contribution >= 4 is 17.5 Å². The van der Waals surface area contributed by atoms with Gasteiger partial charge in [-0.15, -0.1) is 0 Å². The van der Waals surface area contributed by atoms with Crippen LogP contribution >= 0.6 is 0 Å². The van der Waals surface area contributed by atoms with E-state index in [1.807, 2.05) is 0 Å². The van der Waals surface area contributed by atoms with Crippen LogP contribution in [0.2, 0.25) is 0 Å². The second kappa shape index (κ2) is 6.58. The lowest BCUT2D eigenvalue weighted by Crippen LogP contribution is -2.54. The monoisotopic (exact) mass is 348 g/mol. The normalized spacial score (nSPS) is 14.2. The number of hydrogen-bond acceptors (Lipinski definition) is 2. The standard InChI is InChI=1S/C18H15F3N2O2/c1-10-2-4-13(7-15(10)20)22-17(24)12-8-23(9-12)18(25)11-3-5-14(19)16(21)6-11/h2-7,12H,8-9H2,1H3,(H,22,24). The summed E-state index contributed by atoms with van der Waals surface area (Å²) in [6, 6.07) is 7.31. The minimum Gasteiger partial charge on any atom is -0.337 e. The first-order valence-electron chi connectivity index (χ1n) is 7.66. The van der Waals surface area contributed by atoms with Gasteiger partial charge in [0, 0.05) is 24.3 Å². The lowest BCUT2D eigenvalue weighted by atomic mass is 9.97. The van der Waals surface area contributed by atoms with E-state index < -0.39 is 29.3 Å². The second-order valence-electron chi connectivity index (χ2n) is 5.99. The Hall–Kier alpha value is -2.83. The van der Waals surface area contributed by atoms with Crippen LogP contribution in [0, 0.1) is 30.3 Å². The van der Waals surface area contributed by atoms with Gasteiger partial charge in [-0.05, 0) is 42.8 Å². The van der Waals surface area contributed by atoms with E-state index in [1.54, 1.807) is 19.1 Å². The van der Waals surface area contributed by atoms with Gasteiger partial charge in [0.2, 0.25) is 5.91 Å². The molecule has 1 saturated heterocycles. The first kappa shape index (κ1) is 17.0. The summed E-state index contributed by atoms with van der Waals surface area (Å²) in [5.74, 6) is -3.76. The molecule has 1 N–H and O–H groups in total. The third-order valence-electron chi connectivity index (χ3n) is 4.15. The number of nitrogens with zero attached hydrogens (tertiary/aromatic N) is 1. The van der Waals surface area contributed by atoms with Gasteiger partial charge in [-0.2, -0.15) is 0 Å². The van der Waals surface area contributed by atoms with Crippen molar-refractivity contribution in [3.05, 3.63) is 65.0 Å². The first-order valence-corrected chi connectivity index (χ1v) is 7.66. The van der Waals surface area contributed by atoms with Crippen molar-refractivity contribution in [3.63, 3.8) is 0 Å². The molecule has 0 spiro atoms. The molecule has 0 radical (unpaired) electrons. The highest BCUT2D eigenvalue weighted by Crippen LogP contribution is 2.22. The fraction of sp³-hybridized carbons (Fsp3) is 0.222. The number of carbonyl (C=O) groups excluding carboxylic acids is 2. The van der Waals surface area contributed by atoms with Crippen molar-refractivity contribution in [1.29, 1.82) is 0 Å². The molecule has 0 atom stereocenters. The average Bonchev–Trinajstić information content (AvgIpc) is 2.52. The maximum Gasteiger partial charge on any atom is 0.254 e. The Morgan fingerprint density at radius 2 is 1.72 bits per heavy atom. The SMILES string of the molecule is Cc1ccc(NC(=O)C2CN(C(=O)c3ccc(F)c(F)c3)C2)cc1F. The van der Waals surface area contributed by atoms with Crippen LogP contribution in [0.3, 0.4) is 0 Å². The van der Waals surface area contributed by atoms with Crippen molar-refractivity contribution in [2.24, 2.45) is 5.92 Å². The molecular formula is C18H15F3N2O2. The van der Waals surface area contributed by atoms with Crippen LogP contribution in [-0.4, -0.2) is 29.8 Å². The van der Waals surface area contributed by atoms with Gasteiger partial charge < -0.3 is 10.2 Å². The van der Waals surface area contributed by atoms with Gasteiger partial charge in [0.05, 0.1) is 5.92 Å². The summed E-state index contributed by atoms with van der Waals surface area (Å²) in [7, 11) is 0. The Bertz CT molecular complexity index is 848. The zero-order valence-corrected chi connectivity index (χ0v) is 13.4. The van der Waals surface area contributed by atoms with E-state index in [-0.39, 0.29) is 24.6 Å². The average molecular weight is 348 g/mol. The van der Waals surface area contributed by atoms with Gasteiger partial charge in [-0.1, -0.05) is 6.07 Å². The smallest absolute Gasteiger partial charge is 0.254 e. The summed E-state index contributed by atoms with van der Waals surface area (Å²) >= 11 is 0. The number of halogens is 3. The van der Waals surface area contributed by atoms with Crippen molar-refractivity contribution in [2.45, 2.75) is 6.92 Å². The Labute approximate surface area is 142 Å². The van der Waals surface area contributed by atoms with Crippen molar-refractivity contribution < 1.29 is 22.8 Å². The number of likely N-dealkylation sites (tertiary alicyclic amines) is 1. The summed E-state index contributed by atoms with van der Waals surface area (Å²) in [5.41, 5.74) is 0.849. The molecule has 25 heavy (non-hydrogen) atoms. The van der Waals surface area contributed by atoms with Crippen LogP contribution in [0.25, 0.3) is 0 Å². The molecule has 0 aliphatic carbocycles. The number of anilines is 1. The summed E-state index contributed by atoms with van der Waals surface area (Å²) in [5, 5.41) is 2.60. The van der Waals surface area contributed by atoms with Gasteiger partial charge in [-0.25, -0.2) is 13.2 Å². The molecule has 1 aliphatic rings. The highest BCUT2D eigenvalue weighted by atomic mass is 19.2. The summed E-state index contributed by atoms with van der Waals surface area (Å²) in [6.45, 7) is 1.95. The molecule has 1 fully saturated rings. The third-order valence-corrected chi connectivity index (χ3v) is 4.15. The van der Waals surface area contributed by atoms with E-state index in [0.29, 0.717) is 11.3 Å². The number of rotatable bonds is 3. The molecule has 1 heterocycles. The molecule has 0 saturated carbocycles. The van der Waals surface area contributed by atoms with E-state index in [1.165, 1.54) is 17.0 Å². The fourth-order valence-electron chi connectivity index (χ4n) is 2.54. The summed E-state index contributed by atoms with van der Waals surface area (Å²) in [6.07, 6.45) is 0. The fourth-order valence-corrected chi connectivity index (χ4v) is 2.54. The Morgan fingerprint density at radius 3 is 2.36 bits per heavy atom. The first-order chi connectivity index (χ1) is 11.8. The van der Waals surface area contributed by atoms with E-state index in [2.05, 4.69) is 5.32 Å². The van der Waals surface area contributed by atoms with Gasteiger partial charge in [0.25, 0.3) is 5.91 Å². The number of benzene rings is 2.